The van der Waals surface area contributed by atoms with Crippen molar-refractivity contribution in [2.45, 2.75) is 64.2 Å². The van der Waals surface area contributed by atoms with Crippen LogP contribution in [0.5, 0.6) is 0 Å². The summed E-state index contributed by atoms with van der Waals surface area (Å²) in [7, 11) is 0. The second-order valence-corrected chi connectivity index (χ2v) is 10.0. The number of hydrogen-bond donors (Lipinski definition) is 1. The van der Waals surface area contributed by atoms with Crippen LogP contribution in [0.3, 0.4) is 0 Å². The Balaban J connectivity index is 1.28. The molecule has 0 unspecified atom stereocenters. The second-order valence-electron chi connectivity index (χ2n) is 9.05. The number of thioether (sulfide) groups is 1. The van der Waals surface area contributed by atoms with E-state index in [-0.39, 0.29) is 5.91 Å². The maximum Gasteiger partial charge on any atom is 0.230 e. The van der Waals surface area contributed by atoms with Gasteiger partial charge in [0, 0.05) is 11.8 Å². The number of rotatable bonds is 6. The Hall–Kier alpha value is -0.960. The van der Waals surface area contributed by atoms with Crippen LogP contribution < -0.4 is 5.32 Å². The van der Waals surface area contributed by atoms with E-state index in [4.69, 9.17) is 0 Å². The van der Waals surface area contributed by atoms with Crippen LogP contribution in [0.15, 0.2) is 24.3 Å². The number of nitrogens with one attached hydrogen (secondary N) is 1. The zero-order valence-corrected chi connectivity index (χ0v) is 16.4. The average Bonchev–Trinajstić information content (AvgIpc) is 2.53. The van der Waals surface area contributed by atoms with Crippen LogP contribution in [-0.2, 0) is 10.5 Å². The summed E-state index contributed by atoms with van der Waals surface area (Å²) in [5, 5.41) is 3.37. The fourth-order valence-corrected chi connectivity index (χ4v) is 6.99. The van der Waals surface area contributed by atoms with E-state index in [0.717, 1.165) is 23.5 Å². The summed E-state index contributed by atoms with van der Waals surface area (Å²) in [5.74, 6) is 4.55. The van der Waals surface area contributed by atoms with Gasteiger partial charge < -0.3 is 5.32 Å². The minimum absolute atomic E-state index is 0.223. The third kappa shape index (κ3) is 3.77. The number of hydrogen-bond acceptors (Lipinski definition) is 2. The zero-order valence-electron chi connectivity index (χ0n) is 15.6. The summed E-state index contributed by atoms with van der Waals surface area (Å²) in [6, 6.07) is 8.92. The molecule has 0 radical (unpaired) electrons. The molecule has 0 saturated heterocycles. The summed E-state index contributed by atoms with van der Waals surface area (Å²) >= 11 is 1.73. The Labute approximate surface area is 156 Å². The largest absolute Gasteiger partial charge is 0.352 e. The first-order valence-electron chi connectivity index (χ1n) is 9.95. The summed E-state index contributed by atoms with van der Waals surface area (Å²) in [6.07, 6.45) is 8.47. The van der Waals surface area contributed by atoms with Crippen LogP contribution in [0, 0.1) is 30.1 Å². The molecular weight excluding hydrogens is 326 g/mol. The Kier molecular flexibility index (Phi) is 4.87. The van der Waals surface area contributed by atoms with Crippen molar-refractivity contribution >= 4 is 17.7 Å². The Morgan fingerprint density at radius 3 is 2.44 bits per heavy atom. The number of amides is 1. The van der Waals surface area contributed by atoms with E-state index in [1.165, 1.54) is 49.7 Å². The highest BCUT2D eigenvalue weighted by molar-refractivity contribution is 7.99. The van der Waals surface area contributed by atoms with Crippen molar-refractivity contribution in [1.29, 1.82) is 0 Å². The van der Waals surface area contributed by atoms with Gasteiger partial charge in [-0.25, -0.2) is 0 Å². The zero-order chi connectivity index (χ0) is 17.4. The first-order valence-corrected chi connectivity index (χ1v) is 11.1. The molecule has 2 nitrogen and oxygen atoms in total. The maximum atomic E-state index is 12.5. The highest BCUT2D eigenvalue weighted by atomic mass is 32.2. The van der Waals surface area contributed by atoms with Crippen molar-refractivity contribution in [3.63, 3.8) is 0 Å². The first kappa shape index (κ1) is 17.5. The highest BCUT2D eigenvalue weighted by Crippen LogP contribution is 2.61. The molecule has 4 fully saturated rings. The van der Waals surface area contributed by atoms with Gasteiger partial charge in [0.05, 0.1) is 5.75 Å². The van der Waals surface area contributed by atoms with Crippen LogP contribution in [0.4, 0.5) is 0 Å². The molecular formula is C22H31NOS. The summed E-state index contributed by atoms with van der Waals surface area (Å²) in [6.45, 7) is 4.39. The first-order chi connectivity index (χ1) is 12.0. The smallest absolute Gasteiger partial charge is 0.230 e. The lowest BCUT2D eigenvalue weighted by molar-refractivity contribution is -0.123. The lowest BCUT2D eigenvalue weighted by Crippen LogP contribution is -2.56. The van der Waals surface area contributed by atoms with E-state index in [0.29, 0.717) is 17.2 Å². The molecule has 0 aromatic heterocycles. The second kappa shape index (κ2) is 6.98. The molecule has 1 aromatic carbocycles. The predicted molar refractivity (Wildman–Crippen MR) is 106 cm³/mol. The number of carbonyl (C=O) groups excluding carboxylic acids is 1. The van der Waals surface area contributed by atoms with Gasteiger partial charge in [0.15, 0.2) is 0 Å². The molecule has 0 aliphatic heterocycles. The van der Waals surface area contributed by atoms with Gasteiger partial charge in [-0.2, -0.15) is 0 Å². The van der Waals surface area contributed by atoms with Crippen molar-refractivity contribution in [2.24, 2.45) is 23.2 Å². The van der Waals surface area contributed by atoms with Crippen LogP contribution in [0.1, 0.15) is 56.6 Å². The van der Waals surface area contributed by atoms with Crippen molar-refractivity contribution in [2.75, 3.05) is 5.75 Å². The van der Waals surface area contributed by atoms with Gasteiger partial charge in [-0.15, -0.1) is 11.8 Å². The molecule has 4 bridgehead atoms. The van der Waals surface area contributed by atoms with E-state index in [9.17, 15) is 4.79 Å². The SMILES string of the molecule is Cc1cccc(CSCC(=O)N[C@H](C)C23CC4CC(CC(C4)C2)C3)c1. The maximum absolute atomic E-state index is 12.5. The lowest BCUT2D eigenvalue weighted by Gasteiger charge is -2.59. The molecule has 4 saturated carbocycles. The summed E-state index contributed by atoms with van der Waals surface area (Å²) in [4.78, 5) is 12.5. The van der Waals surface area contributed by atoms with E-state index in [1.807, 2.05) is 0 Å². The van der Waals surface area contributed by atoms with Crippen molar-refractivity contribution in [1.82, 2.24) is 5.32 Å². The molecule has 1 amide bonds. The molecule has 136 valence electrons. The van der Waals surface area contributed by atoms with Crippen molar-refractivity contribution in [3.8, 4) is 0 Å². The molecule has 0 heterocycles. The fraction of sp³-hybridized carbons (Fsp3) is 0.682. The Morgan fingerprint density at radius 2 is 1.84 bits per heavy atom. The van der Waals surface area contributed by atoms with Gasteiger partial charge in [-0.05, 0) is 81.1 Å². The number of benzene rings is 1. The third-order valence-electron chi connectivity index (χ3n) is 6.97. The van der Waals surface area contributed by atoms with E-state index in [2.05, 4.69) is 43.4 Å². The number of carbonyl (C=O) groups is 1. The average molecular weight is 358 g/mol. The highest BCUT2D eigenvalue weighted by Gasteiger charge is 2.53. The molecule has 4 aliphatic rings. The minimum Gasteiger partial charge on any atom is -0.352 e. The van der Waals surface area contributed by atoms with Gasteiger partial charge in [-0.3, -0.25) is 4.79 Å². The predicted octanol–water partition coefficient (Wildman–Crippen LogP) is 4.95. The Bertz CT molecular complexity index is 605. The quantitative estimate of drug-likeness (QED) is 0.780. The van der Waals surface area contributed by atoms with Gasteiger partial charge in [0.25, 0.3) is 0 Å². The summed E-state index contributed by atoms with van der Waals surface area (Å²) < 4.78 is 0. The monoisotopic (exact) mass is 357 g/mol. The van der Waals surface area contributed by atoms with Gasteiger partial charge in [0.1, 0.15) is 0 Å². The van der Waals surface area contributed by atoms with E-state index in [1.54, 1.807) is 11.8 Å². The molecule has 25 heavy (non-hydrogen) atoms. The van der Waals surface area contributed by atoms with Gasteiger partial charge in [-0.1, -0.05) is 29.8 Å². The molecule has 0 spiro atoms. The molecule has 1 atom stereocenters. The minimum atomic E-state index is 0.223. The molecule has 3 heteroatoms. The summed E-state index contributed by atoms with van der Waals surface area (Å²) in [5.41, 5.74) is 3.01. The van der Waals surface area contributed by atoms with Gasteiger partial charge >= 0.3 is 0 Å². The normalized spacial score (nSPS) is 34.1. The van der Waals surface area contributed by atoms with Crippen LogP contribution in [-0.4, -0.2) is 17.7 Å². The van der Waals surface area contributed by atoms with Gasteiger partial charge in [0.2, 0.25) is 5.91 Å². The van der Waals surface area contributed by atoms with Crippen LogP contribution in [0.2, 0.25) is 0 Å². The van der Waals surface area contributed by atoms with E-state index < -0.39 is 0 Å². The van der Waals surface area contributed by atoms with Crippen LogP contribution in [0.25, 0.3) is 0 Å². The fourth-order valence-electron chi connectivity index (χ4n) is 6.21. The molecule has 4 aliphatic carbocycles. The standard InChI is InChI=1S/C22H31NOS/c1-15-4-3-5-17(6-15)13-25-14-21(24)23-16(2)22-10-18-7-19(11-22)9-20(8-18)12-22/h3-6,16,18-20H,7-14H2,1-2H3,(H,23,24)/t16-,18?,19?,20?,22?/m1/s1. The molecule has 5 rings (SSSR count). The Morgan fingerprint density at radius 1 is 1.20 bits per heavy atom. The topological polar surface area (TPSA) is 29.1 Å². The van der Waals surface area contributed by atoms with E-state index >= 15 is 0 Å². The third-order valence-corrected chi connectivity index (χ3v) is 7.97. The molecule has 1 aromatic rings. The molecule has 1 N–H and O–H groups in total. The van der Waals surface area contributed by atoms with Crippen LogP contribution >= 0.6 is 11.8 Å². The van der Waals surface area contributed by atoms with Crippen molar-refractivity contribution in [3.05, 3.63) is 35.4 Å². The lowest BCUT2D eigenvalue weighted by atomic mass is 9.48. The van der Waals surface area contributed by atoms with Crippen molar-refractivity contribution < 1.29 is 4.79 Å². The number of aryl methyl sites for hydroxylation is 1.